The molecule has 1 saturated carbocycles. The van der Waals surface area contributed by atoms with Crippen molar-refractivity contribution in [2.45, 2.75) is 31.7 Å². The summed E-state index contributed by atoms with van der Waals surface area (Å²) in [6.45, 7) is 0.400. The highest BCUT2D eigenvalue weighted by Gasteiger charge is 2.23. The van der Waals surface area contributed by atoms with E-state index in [1.54, 1.807) is 54.6 Å². The Hall–Kier alpha value is -3.12. The molecule has 3 rings (SSSR count). The van der Waals surface area contributed by atoms with Gasteiger partial charge in [0.1, 0.15) is 0 Å². The Morgan fingerprint density at radius 2 is 1.70 bits per heavy atom. The molecule has 6 nitrogen and oxygen atoms in total. The highest BCUT2D eigenvalue weighted by atomic mass is 35.5. The van der Waals surface area contributed by atoms with Crippen molar-refractivity contribution in [3.05, 3.63) is 70.8 Å². The number of hydrogen-bond donors (Lipinski definition) is 3. The van der Waals surface area contributed by atoms with Crippen LogP contribution in [-0.2, 0) is 9.59 Å². The highest BCUT2D eigenvalue weighted by Crippen LogP contribution is 2.19. The van der Waals surface area contributed by atoms with Crippen molar-refractivity contribution >= 4 is 41.1 Å². The minimum absolute atomic E-state index is 0.0640. The van der Waals surface area contributed by atoms with Gasteiger partial charge in [-0.2, -0.15) is 0 Å². The number of hydrogen-bond acceptors (Lipinski definition) is 3. The number of carbonyl (C=O) groups excluding carboxylic acids is 3. The number of anilines is 1. The lowest BCUT2D eigenvalue weighted by Crippen LogP contribution is -2.25. The van der Waals surface area contributed by atoms with E-state index in [0.717, 1.165) is 18.4 Å². The average Bonchev–Trinajstić information content (AvgIpc) is 3.56. The molecule has 1 fully saturated rings. The molecule has 0 unspecified atom stereocenters. The topological polar surface area (TPSA) is 87.3 Å². The normalized spacial score (nSPS) is 13.1. The first-order valence-corrected chi connectivity index (χ1v) is 10.3. The Morgan fingerprint density at radius 3 is 2.37 bits per heavy atom. The zero-order valence-electron chi connectivity index (χ0n) is 16.5. The molecule has 30 heavy (non-hydrogen) atoms. The van der Waals surface area contributed by atoms with Crippen LogP contribution in [0.25, 0.3) is 6.08 Å². The molecule has 0 radical (unpaired) electrons. The standard InChI is InChI=1S/C23H24ClN3O3/c24-18-8-10-19(11-9-18)26-22(29)2-1-15-25-21(28)14-5-16-3-6-17(7-4-16)23(30)27-20-12-13-20/h3-11,14,20H,1-2,12-13,15H2,(H,25,28)(H,26,29)(H,27,30)/b14-5+. The molecule has 2 aromatic rings. The molecule has 0 heterocycles. The van der Waals surface area contributed by atoms with Crippen molar-refractivity contribution in [1.82, 2.24) is 10.6 Å². The first kappa shape index (κ1) is 21.6. The van der Waals surface area contributed by atoms with Crippen LogP contribution in [0.2, 0.25) is 5.02 Å². The lowest BCUT2D eigenvalue weighted by Gasteiger charge is -2.06. The van der Waals surface area contributed by atoms with Gasteiger partial charge in [0.2, 0.25) is 11.8 Å². The maximum absolute atomic E-state index is 12.0. The number of halogens is 1. The van der Waals surface area contributed by atoms with Gasteiger partial charge < -0.3 is 16.0 Å². The fourth-order valence-electron chi connectivity index (χ4n) is 2.69. The minimum Gasteiger partial charge on any atom is -0.353 e. The van der Waals surface area contributed by atoms with Crippen LogP contribution in [-0.4, -0.2) is 30.3 Å². The van der Waals surface area contributed by atoms with E-state index in [-0.39, 0.29) is 17.7 Å². The van der Waals surface area contributed by atoms with Gasteiger partial charge in [0.15, 0.2) is 0 Å². The molecule has 7 heteroatoms. The molecule has 0 aliphatic heterocycles. The summed E-state index contributed by atoms with van der Waals surface area (Å²) in [6, 6.07) is 14.3. The van der Waals surface area contributed by atoms with Crippen molar-refractivity contribution in [3.63, 3.8) is 0 Å². The SMILES string of the molecule is O=C(/C=C/c1ccc(C(=O)NC2CC2)cc1)NCCCC(=O)Nc1ccc(Cl)cc1. The van der Waals surface area contributed by atoms with E-state index in [9.17, 15) is 14.4 Å². The average molecular weight is 426 g/mol. The predicted molar refractivity (Wildman–Crippen MR) is 118 cm³/mol. The van der Waals surface area contributed by atoms with Gasteiger partial charge in [-0.15, -0.1) is 0 Å². The van der Waals surface area contributed by atoms with Crippen LogP contribution in [0.4, 0.5) is 5.69 Å². The van der Waals surface area contributed by atoms with Crippen LogP contribution in [0, 0.1) is 0 Å². The van der Waals surface area contributed by atoms with Crippen LogP contribution in [0.5, 0.6) is 0 Å². The second-order valence-corrected chi connectivity index (χ2v) is 7.59. The second-order valence-electron chi connectivity index (χ2n) is 7.15. The summed E-state index contributed by atoms with van der Waals surface area (Å²) in [5.74, 6) is -0.414. The third-order valence-corrected chi connectivity index (χ3v) is 4.77. The van der Waals surface area contributed by atoms with Gasteiger partial charge >= 0.3 is 0 Å². The fourth-order valence-corrected chi connectivity index (χ4v) is 2.82. The number of benzene rings is 2. The van der Waals surface area contributed by atoms with Gasteiger partial charge in [-0.05, 0) is 67.3 Å². The van der Waals surface area contributed by atoms with Crippen LogP contribution in [0.15, 0.2) is 54.6 Å². The lowest BCUT2D eigenvalue weighted by molar-refractivity contribution is -0.118. The molecule has 0 saturated heterocycles. The first-order chi connectivity index (χ1) is 14.5. The molecule has 1 aliphatic rings. The van der Waals surface area contributed by atoms with Crippen molar-refractivity contribution in [3.8, 4) is 0 Å². The Bertz CT molecular complexity index is 920. The van der Waals surface area contributed by atoms with Gasteiger partial charge in [-0.25, -0.2) is 0 Å². The molecule has 0 atom stereocenters. The Labute approximate surface area is 180 Å². The minimum atomic E-state index is -0.233. The summed E-state index contributed by atoms with van der Waals surface area (Å²) >= 11 is 5.81. The van der Waals surface area contributed by atoms with E-state index in [0.29, 0.717) is 41.7 Å². The van der Waals surface area contributed by atoms with Crippen LogP contribution in [0.3, 0.4) is 0 Å². The number of nitrogens with one attached hydrogen (secondary N) is 3. The van der Waals surface area contributed by atoms with Gasteiger partial charge in [0, 0.05) is 41.4 Å². The monoisotopic (exact) mass is 425 g/mol. The summed E-state index contributed by atoms with van der Waals surface area (Å²) in [5, 5.41) is 9.08. The van der Waals surface area contributed by atoms with E-state index in [1.807, 2.05) is 0 Å². The molecule has 2 aromatic carbocycles. The second kappa shape index (κ2) is 10.6. The molecule has 1 aliphatic carbocycles. The van der Waals surface area contributed by atoms with Crippen LogP contribution >= 0.6 is 11.6 Å². The van der Waals surface area contributed by atoms with Crippen molar-refractivity contribution in [1.29, 1.82) is 0 Å². The zero-order chi connectivity index (χ0) is 21.3. The lowest BCUT2D eigenvalue weighted by atomic mass is 10.1. The Kier molecular flexibility index (Phi) is 7.63. The third-order valence-electron chi connectivity index (χ3n) is 4.52. The Balaban J connectivity index is 1.33. The summed E-state index contributed by atoms with van der Waals surface area (Å²) in [6.07, 6.45) is 6.06. The van der Waals surface area contributed by atoms with E-state index in [1.165, 1.54) is 6.08 Å². The molecule has 3 N–H and O–H groups in total. The van der Waals surface area contributed by atoms with Gasteiger partial charge in [0.25, 0.3) is 5.91 Å². The molecule has 156 valence electrons. The van der Waals surface area contributed by atoms with Crippen LogP contribution < -0.4 is 16.0 Å². The van der Waals surface area contributed by atoms with Gasteiger partial charge in [0.05, 0.1) is 0 Å². The van der Waals surface area contributed by atoms with E-state index in [4.69, 9.17) is 11.6 Å². The maximum Gasteiger partial charge on any atom is 0.251 e. The zero-order valence-corrected chi connectivity index (χ0v) is 17.2. The molecule has 3 amide bonds. The molecule has 0 spiro atoms. The first-order valence-electron chi connectivity index (χ1n) is 9.92. The summed E-state index contributed by atoms with van der Waals surface area (Å²) in [7, 11) is 0. The summed E-state index contributed by atoms with van der Waals surface area (Å²) in [4.78, 5) is 35.8. The van der Waals surface area contributed by atoms with Crippen LogP contribution in [0.1, 0.15) is 41.6 Å². The third kappa shape index (κ3) is 7.37. The number of amides is 3. The van der Waals surface area contributed by atoms with E-state index in [2.05, 4.69) is 16.0 Å². The van der Waals surface area contributed by atoms with Crippen molar-refractivity contribution in [2.75, 3.05) is 11.9 Å². The molecule has 0 bridgehead atoms. The summed E-state index contributed by atoms with van der Waals surface area (Å²) in [5.41, 5.74) is 2.13. The maximum atomic E-state index is 12.0. The molecular weight excluding hydrogens is 402 g/mol. The fraction of sp³-hybridized carbons (Fsp3) is 0.261. The molecular formula is C23H24ClN3O3. The predicted octanol–water partition coefficient (Wildman–Crippen LogP) is 3.78. The van der Waals surface area contributed by atoms with E-state index < -0.39 is 0 Å². The quantitative estimate of drug-likeness (QED) is 0.422. The molecule has 0 aromatic heterocycles. The van der Waals surface area contributed by atoms with Crippen molar-refractivity contribution in [2.24, 2.45) is 0 Å². The Morgan fingerprint density at radius 1 is 1.00 bits per heavy atom. The largest absolute Gasteiger partial charge is 0.353 e. The van der Waals surface area contributed by atoms with Crippen molar-refractivity contribution < 1.29 is 14.4 Å². The van der Waals surface area contributed by atoms with E-state index >= 15 is 0 Å². The smallest absolute Gasteiger partial charge is 0.251 e. The highest BCUT2D eigenvalue weighted by molar-refractivity contribution is 6.30. The van der Waals surface area contributed by atoms with Gasteiger partial charge in [-0.3, -0.25) is 14.4 Å². The number of carbonyl (C=O) groups is 3. The van der Waals surface area contributed by atoms with Gasteiger partial charge in [-0.1, -0.05) is 23.7 Å². The number of rotatable bonds is 9. The summed E-state index contributed by atoms with van der Waals surface area (Å²) < 4.78 is 0.